The first-order valence-corrected chi connectivity index (χ1v) is 6.17. The molecule has 6 nitrogen and oxygen atoms in total. The van der Waals surface area contributed by atoms with E-state index >= 15 is 0 Å². The molecule has 0 spiro atoms. The predicted octanol–water partition coefficient (Wildman–Crippen LogP) is 0.251. The molecular weight excluding hydrogens is 218 g/mol. The molecule has 0 aliphatic carbocycles. The zero-order valence-electron chi connectivity index (χ0n) is 10.2. The van der Waals surface area contributed by atoms with E-state index in [1.165, 1.54) is 0 Å². The van der Waals surface area contributed by atoms with Crippen LogP contribution in [0.25, 0.3) is 0 Å². The molecule has 1 aromatic heterocycles. The maximum absolute atomic E-state index is 12.2. The third kappa shape index (κ3) is 2.46. The molecule has 2 heterocycles. The third-order valence-corrected chi connectivity index (χ3v) is 3.23. The molecule has 1 aromatic rings. The number of nitrogens with zero attached hydrogens (tertiary/aromatic N) is 4. The van der Waals surface area contributed by atoms with Crippen molar-refractivity contribution in [1.82, 2.24) is 19.9 Å². The second-order valence-electron chi connectivity index (χ2n) is 4.36. The lowest BCUT2D eigenvalue weighted by Gasteiger charge is -2.22. The number of nitrogens with two attached hydrogens (primary N) is 1. The summed E-state index contributed by atoms with van der Waals surface area (Å²) in [5.74, 6) is -0.00220. The zero-order chi connectivity index (χ0) is 12.3. The maximum atomic E-state index is 12.2. The molecule has 1 unspecified atom stereocenters. The highest BCUT2D eigenvalue weighted by Gasteiger charge is 2.29. The molecule has 94 valence electrons. The Balaban J connectivity index is 2.07. The van der Waals surface area contributed by atoms with Crippen molar-refractivity contribution < 1.29 is 4.79 Å². The molecule has 1 amide bonds. The maximum Gasteiger partial charge on any atom is 0.276 e. The van der Waals surface area contributed by atoms with E-state index in [4.69, 9.17) is 5.73 Å². The van der Waals surface area contributed by atoms with Gasteiger partial charge in [-0.3, -0.25) is 9.48 Å². The minimum Gasteiger partial charge on any atom is -0.334 e. The van der Waals surface area contributed by atoms with Gasteiger partial charge in [0.15, 0.2) is 5.69 Å². The molecule has 1 saturated heterocycles. The monoisotopic (exact) mass is 237 g/mol. The zero-order valence-corrected chi connectivity index (χ0v) is 10.2. The van der Waals surface area contributed by atoms with Crippen LogP contribution in [0, 0.1) is 0 Å². The summed E-state index contributed by atoms with van der Waals surface area (Å²) in [6, 6.07) is 0.363. The first-order chi connectivity index (χ1) is 8.26. The summed E-state index contributed by atoms with van der Waals surface area (Å²) in [7, 11) is 0. The summed E-state index contributed by atoms with van der Waals surface area (Å²) >= 11 is 0. The minimum absolute atomic E-state index is 0.00220. The van der Waals surface area contributed by atoms with E-state index in [0.29, 0.717) is 24.8 Å². The van der Waals surface area contributed by atoms with Gasteiger partial charge in [0, 0.05) is 19.1 Å². The normalized spacial score (nSPS) is 19.9. The third-order valence-electron chi connectivity index (χ3n) is 3.23. The lowest BCUT2D eigenvalue weighted by atomic mass is 10.1. The second kappa shape index (κ2) is 5.27. The largest absolute Gasteiger partial charge is 0.334 e. The first kappa shape index (κ1) is 12.0. The summed E-state index contributed by atoms with van der Waals surface area (Å²) in [4.78, 5) is 14.1. The fourth-order valence-corrected chi connectivity index (χ4v) is 2.31. The number of rotatable bonds is 4. The number of aromatic nitrogens is 3. The van der Waals surface area contributed by atoms with Crippen molar-refractivity contribution in [1.29, 1.82) is 0 Å². The highest BCUT2D eigenvalue weighted by molar-refractivity contribution is 5.92. The molecule has 1 aliphatic heterocycles. The van der Waals surface area contributed by atoms with E-state index < -0.39 is 0 Å². The van der Waals surface area contributed by atoms with Gasteiger partial charge in [0.1, 0.15) is 0 Å². The average molecular weight is 237 g/mol. The number of hydrogen-bond acceptors (Lipinski definition) is 4. The highest BCUT2D eigenvalue weighted by atomic mass is 16.2. The Bertz CT molecular complexity index is 389. The number of hydrogen-bond donors (Lipinski definition) is 1. The molecule has 17 heavy (non-hydrogen) atoms. The predicted molar refractivity (Wildman–Crippen MR) is 63.4 cm³/mol. The van der Waals surface area contributed by atoms with Crippen LogP contribution in [0.2, 0.25) is 0 Å². The lowest BCUT2D eigenvalue weighted by molar-refractivity contribution is 0.0727. The lowest BCUT2D eigenvalue weighted by Crippen LogP contribution is -2.35. The van der Waals surface area contributed by atoms with Gasteiger partial charge in [-0.05, 0) is 19.3 Å². The van der Waals surface area contributed by atoms with Crippen molar-refractivity contribution in [3.05, 3.63) is 11.9 Å². The van der Waals surface area contributed by atoms with Crippen molar-refractivity contribution in [2.45, 2.75) is 38.8 Å². The molecule has 1 atom stereocenters. The Kier molecular flexibility index (Phi) is 3.73. The van der Waals surface area contributed by atoms with Crippen LogP contribution in [0.4, 0.5) is 0 Å². The molecule has 1 fully saturated rings. The van der Waals surface area contributed by atoms with Crippen LogP contribution >= 0.6 is 0 Å². The molecule has 1 aliphatic rings. The van der Waals surface area contributed by atoms with Gasteiger partial charge < -0.3 is 10.6 Å². The van der Waals surface area contributed by atoms with Crippen molar-refractivity contribution >= 4 is 5.91 Å². The van der Waals surface area contributed by atoms with Crippen LogP contribution in [0.5, 0.6) is 0 Å². The molecule has 0 radical (unpaired) electrons. The van der Waals surface area contributed by atoms with Crippen LogP contribution in [-0.2, 0) is 6.54 Å². The van der Waals surface area contributed by atoms with Crippen molar-refractivity contribution in [3.63, 3.8) is 0 Å². The van der Waals surface area contributed by atoms with E-state index in [9.17, 15) is 4.79 Å². The fraction of sp³-hybridized carbons (Fsp3) is 0.727. The first-order valence-electron chi connectivity index (χ1n) is 6.17. The summed E-state index contributed by atoms with van der Waals surface area (Å²) in [6.07, 6.45) is 4.86. The topological polar surface area (TPSA) is 77.0 Å². The number of likely N-dealkylation sites (tertiary alicyclic amines) is 1. The van der Waals surface area contributed by atoms with Crippen molar-refractivity contribution in [3.8, 4) is 0 Å². The van der Waals surface area contributed by atoms with Gasteiger partial charge in [0.25, 0.3) is 5.91 Å². The summed E-state index contributed by atoms with van der Waals surface area (Å²) in [6.45, 7) is 4.04. The molecular formula is C11H19N5O. The van der Waals surface area contributed by atoms with Gasteiger partial charge in [-0.25, -0.2) is 0 Å². The SMILES string of the molecule is CCC1CCCN1C(=O)c1cn(CCN)nn1. The van der Waals surface area contributed by atoms with E-state index in [-0.39, 0.29) is 5.91 Å². The Morgan fingerprint density at radius 1 is 1.65 bits per heavy atom. The van der Waals surface area contributed by atoms with Gasteiger partial charge >= 0.3 is 0 Å². The van der Waals surface area contributed by atoms with Gasteiger partial charge in [-0.2, -0.15) is 0 Å². The van der Waals surface area contributed by atoms with E-state index in [1.807, 2.05) is 4.90 Å². The number of carbonyl (C=O) groups excluding carboxylic acids is 1. The van der Waals surface area contributed by atoms with Gasteiger partial charge in [0.05, 0.1) is 12.7 Å². The van der Waals surface area contributed by atoms with Gasteiger partial charge in [-0.15, -0.1) is 5.10 Å². The number of amides is 1. The Morgan fingerprint density at radius 3 is 3.18 bits per heavy atom. The molecule has 2 N–H and O–H groups in total. The van der Waals surface area contributed by atoms with Crippen LogP contribution in [0.15, 0.2) is 6.20 Å². The summed E-state index contributed by atoms with van der Waals surface area (Å²) in [5, 5.41) is 7.80. The van der Waals surface area contributed by atoms with Crippen molar-refractivity contribution in [2.75, 3.05) is 13.1 Å². The molecule has 6 heteroatoms. The van der Waals surface area contributed by atoms with E-state index in [0.717, 1.165) is 25.8 Å². The molecule has 0 saturated carbocycles. The molecule has 0 aromatic carbocycles. The van der Waals surface area contributed by atoms with Gasteiger partial charge in [-0.1, -0.05) is 12.1 Å². The average Bonchev–Trinajstić information content (AvgIpc) is 2.96. The van der Waals surface area contributed by atoms with E-state index in [1.54, 1.807) is 10.9 Å². The van der Waals surface area contributed by atoms with Crippen LogP contribution in [0.3, 0.4) is 0 Å². The molecule has 2 rings (SSSR count). The van der Waals surface area contributed by atoms with Crippen LogP contribution in [-0.4, -0.2) is 44.9 Å². The van der Waals surface area contributed by atoms with Crippen LogP contribution in [0.1, 0.15) is 36.7 Å². The number of carbonyl (C=O) groups is 1. The second-order valence-corrected chi connectivity index (χ2v) is 4.36. The van der Waals surface area contributed by atoms with E-state index in [2.05, 4.69) is 17.2 Å². The minimum atomic E-state index is -0.00220. The van der Waals surface area contributed by atoms with Gasteiger partial charge in [0.2, 0.25) is 0 Å². The van der Waals surface area contributed by atoms with Crippen LogP contribution < -0.4 is 5.73 Å². The summed E-state index contributed by atoms with van der Waals surface area (Å²) in [5.41, 5.74) is 5.86. The fourth-order valence-electron chi connectivity index (χ4n) is 2.31. The summed E-state index contributed by atoms with van der Waals surface area (Å²) < 4.78 is 1.62. The quantitative estimate of drug-likeness (QED) is 0.814. The molecule has 0 bridgehead atoms. The Labute approximate surface area is 101 Å². The Morgan fingerprint density at radius 2 is 2.47 bits per heavy atom. The highest BCUT2D eigenvalue weighted by Crippen LogP contribution is 2.21. The smallest absolute Gasteiger partial charge is 0.276 e. The van der Waals surface area contributed by atoms with Crippen molar-refractivity contribution in [2.24, 2.45) is 5.73 Å². The standard InChI is InChI=1S/C11H19N5O/c1-2-9-4-3-6-16(9)11(17)10-8-15(7-5-12)14-13-10/h8-9H,2-7,12H2,1H3. The Hall–Kier alpha value is -1.43.